The third kappa shape index (κ3) is 2.11. The second-order valence-electron chi connectivity index (χ2n) is 4.16. The molecule has 0 radical (unpaired) electrons. The minimum atomic E-state index is -3.05. The summed E-state index contributed by atoms with van der Waals surface area (Å²) >= 11 is 1.54. The van der Waals surface area contributed by atoms with Gasteiger partial charge in [0.1, 0.15) is 11.6 Å². The number of anilines is 1. The molecule has 0 fully saturated rings. The molecule has 1 atom stereocenters. The molecule has 2 aromatic heterocycles. The number of sulfone groups is 1. The Morgan fingerprint density at radius 2 is 2.28 bits per heavy atom. The van der Waals surface area contributed by atoms with Crippen molar-refractivity contribution in [3.63, 3.8) is 0 Å². The molecular weight excluding hydrogens is 270 g/mol. The monoisotopic (exact) mass is 281 g/mol. The van der Waals surface area contributed by atoms with Gasteiger partial charge in [-0.25, -0.2) is 18.4 Å². The van der Waals surface area contributed by atoms with Crippen molar-refractivity contribution in [2.45, 2.75) is 13.0 Å². The third-order valence-electron chi connectivity index (χ3n) is 2.67. The summed E-state index contributed by atoms with van der Waals surface area (Å²) < 4.78 is 23.7. The summed E-state index contributed by atoms with van der Waals surface area (Å²) in [5, 5.41) is 6.36. The quantitative estimate of drug-likeness (QED) is 0.907. The summed E-state index contributed by atoms with van der Waals surface area (Å²) in [5.74, 6) is 1.47. The van der Waals surface area contributed by atoms with Gasteiger partial charge in [-0.2, -0.15) is 0 Å². The van der Waals surface area contributed by atoms with E-state index in [9.17, 15) is 8.42 Å². The van der Waals surface area contributed by atoms with E-state index in [1.165, 1.54) is 5.41 Å². The first-order valence-corrected chi connectivity index (χ1v) is 8.02. The van der Waals surface area contributed by atoms with Crippen LogP contribution in [0.5, 0.6) is 0 Å². The van der Waals surface area contributed by atoms with Gasteiger partial charge in [0, 0.05) is 5.41 Å². The summed E-state index contributed by atoms with van der Waals surface area (Å²) in [5.41, 5.74) is 0.889. The predicted octanol–water partition coefficient (Wildman–Crippen LogP) is 1.72. The van der Waals surface area contributed by atoms with E-state index in [2.05, 4.69) is 15.3 Å². The molecule has 5 nitrogen and oxygen atoms in total. The Morgan fingerprint density at radius 3 is 3.00 bits per heavy atom. The number of rotatable bonds is 2. The molecule has 0 aliphatic carbocycles. The molecule has 0 spiro atoms. The Morgan fingerprint density at radius 1 is 1.44 bits per heavy atom. The van der Waals surface area contributed by atoms with E-state index in [-0.39, 0.29) is 11.8 Å². The molecule has 0 saturated heterocycles. The van der Waals surface area contributed by atoms with E-state index >= 15 is 0 Å². The van der Waals surface area contributed by atoms with Gasteiger partial charge < -0.3 is 5.32 Å². The standard InChI is InChI=1S/C11H11N3O2S2/c1-7-12-9-2-4-17-10(9)11(13-7)14-8-3-5-18(15,16)6-8/h2-5,8H,6H2,1H3,(H,12,13,14)/t8-/m1/s1. The molecule has 2 aromatic rings. The van der Waals surface area contributed by atoms with Gasteiger partial charge in [0.25, 0.3) is 0 Å². The Labute approximate surface area is 108 Å². The normalized spacial score (nSPS) is 21.5. The van der Waals surface area contributed by atoms with Gasteiger partial charge in [0.2, 0.25) is 0 Å². The molecule has 1 N–H and O–H groups in total. The number of aromatic nitrogens is 2. The first kappa shape index (κ1) is 11.6. The van der Waals surface area contributed by atoms with Crippen molar-refractivity contribution in [3.05, 3.63) is 28.8 Å². The molecule has 0 amide bonds. The maximum atomic E-state index is 11.4. The number of nitrogens with one attached hydrogen (secondary N) is 1. The average molecular weight is 281 g/mol. The molecule has 0 bridgehead atoms. The van der Waals surface area contributed by atoms with Gasteiger partial charge >= 0.3 is 0 Å². The highest BCUT2D eigenvalue weighted by molar-refractivity contribution is 7.94. The molecule has 3 heterocycles. The second kappa shape index (κ2) is 4.03. The van der Waals surface area contributed by atoms with Crippen LogP contribution >= 0.6 is 11.3 Å². The van der Waals surface area contributed by atoms with Crippen LogP contribution in [0, 0.1) is 6.92 Å². The van der Waals surface area contributed by atoms with E-state index in [1.807, 2.05) is 18.4 Å². The highest BCUT2D eigenvalue weighted by atomic mass is 32.2. The molecule has 18 heavy (non-hydrogen) atoms. The zero-order valence-corrected chi connectivity index (χ0v) is 11.3. The van der Waals surface area contributed by atoms with Crippen LogP contribution in [0.1, 0.15) is 5.82 Å². The Kier molecular flexibility index (Phi) is 2.60. The molecular formula is C11H11N3O2S2. The van der Waals surface area contributed by atoms with E-state index < -0.39 is 9.84 Å². The molecule has 1 aliphatic heterocycles. The summed E-state index contributed by atoms with van der Waals surface area (Å²) in [6, 6.07) is 1.72. The lowest BCUT2D eigenvalue weighted by Gasteiger charge is -2.11. The molecule has 94 valence electrons. The first-order chi connectivity index (χ1) is 8.53. The average Bonchev–Trinajstić information content (AvgIpc) is 2.84. The van der Waals surface area contributed by atoms with Gasteiger partial charge in [-0.3, -0.25) is 0 Å². The topological polar surface area (TPSA) is 72.0 Å². The first-order valence-electron chi connectivity index (χ1n) is 5.43. The van der Waals surface area contributed by atoms with Gasteiger partial charge in [-0.1, -0.05) is 0 Å². The van der Waals surface area contributed by atoms with Crippen LogP contribution in [-0.2, 0) is 9.84 Å². The van der Waals surface area contributed by atoms with Crippen molar-refractivity contribution >= 4 is 37.2 Å². The van der Waals surface area contributed by atoms with Crippen molar-refractivity contribution in [2.24, 2.45) is 0 Å². The zero-order chi connectivity index (χ0) is 12.8. The maximum absolute atomic E-state index is 11.4. The lowest BCUT2D eigenvalue weighted by molar-refractivity contribution is 0.605. The van der Waals surface area contributed by atoms with Gasteiger partial charge in [0.15, 0.2) is 9.84 Å². The van der Waals surface area contributed by atoms with Crippen LogP contribution in [0.15, 0.2) is 22.9 Å². The van der Waals surface area contributed by atoms with E-state index in [1.54, 1.807) is 17.4 Å². The molecule has 0 saturated carbocycles. The summed E-state index contributed by atoms with van der Waals surface area (Å²) in [6.45, 7) is 1.82. The molecule has 0 unspecified atom stereocenters. The van der Waals surface area contributed by atoms with Crippen molar-refractivity contribution < 1.29 is 8.42 Å². The Hall–Kier alpha value is -1.47. The molecule has 0 aromatic carbocycles. The minimum absolute atomic E-state index is 0.0862. The van der Waals surface area contributed by atoms with Crippen LogP contribution in [-0.4, -0.2) is 30.2 Å². The Balaban J connectivity index is 1.96. The minimum Gasteiger partial charge on any atom is -0.361 e. The van der Waals surface area contributed by atoms with Crippen LogP contribution in [0.3, 0.4) is 0 Å². The fourth-order valence-electron chi connectivity index (χ4n) is 1.92. The largest absolute Gasteiger partial charge is 0.361 e. The summed E-state index contributed by atoms with van der Waals surface area (Å²) in [7, 11) is -3.05. The number of thiophene rings is 1. The number of hydrogen-bond acceptors (Lipinski definition) is 6. The fourth-order valence-corrected chi connectivity index (χ4v) is 3.94. The lowest BCUT2D eigenvalue weighted by atomic mass is 10.3. The van der Waals surface area contributed by atoms with Gasteiger partial charge in [-0.15, -0.1) is 11.3 Å². The number of nitrogens with zero attached hydrogens (tertiary/aromatic N) is 2. The van der Waals surface area contributed by atoms with Crippen molar-refractivity contribution in [1.82, 2.24) is 9.97 Å². The number of aryl methyl sites for hydroxylation is 1. The van der Waals surface area contributed by atoms with Crippen LogP contribution in [0.25, 0.3) is 10.2 Å². The third-order valence-corrected chi connectivity index (χ3v) is 4.97. The maximum Gasteiger partial charge on any atom is 0.173 e. The lowest BCUT2D eigenvalue weighted by Crippen LogP contribution is -2.21. The molecule has 1 aliphatic rings. The summed E-state index contributed by atoms with van der Waals surface area (Å²) in [4.78, 5) is 8.67. The highest BCUT2D eigenvalue weighted by Crippen LogP contribution is 2.27. The van der Waals surface area contributed by atoms with Gasteiger partial charge in [-0.05, 0) is 24.4 Å². The second-order valence-corrected chi connectivity index (χ2v) is 7.01. The van der Waals surface area contributed by atoms with Crippen molar-refractivity contribution in [1.29, 1.82) is 0 Å². The molecule has 7 heteroatoms. The predicted molar refractivity (Wildman–Crippen MR) is 72.5 cm³/mol. The van der Waals surface area contributed by atoms with E-state index in [0.717, 1.165) is 10.2 Å². The smallest absolute Gasteiger partial charge is 0.173 e. The van der Waals surface area contributed by atoms with Crippen molar-refractivity contribution in [3.8, 4) is 0 Å². The van der Waals surface area contributed by atoms with Crippen LogP contribution in [0.4, 0.5) is 5.82 Å². The fraction of sp³-hybridized carbons (Fsp3) is 0.273. The van der Waals surface area contributed by atoms with E-state index in [0.29, 0.717) is 11.6 Å². The molecule has 3 rings (SSSR count). The number of fused-ring (bicyclic) bond motifs is 1. The Bertz CT molecular complexity index is 734. The van der Waals surface area contributed by atoms with E-state index in [4.69, 9.17) is 0 Å². The number of hydrogen-bond donors (Lipinski definition) is 1. The zero-order valence-electron chi connectivity index (χ0n) is 9.62. The summed E-state index contributed by atoms with van der Waals surface area (Å²) in [6.07, 6.45) is 1.66. The van der Waals surface area contributed by atoms with Crippen LogP contribution < -0.4 is 5.32 Å². The van der Waals surface area contributed by atoms with Crippen molar-refractivity contribution in [2.75, 3.05) is 11.1 Å². The highest BCUT2D eigenvalue weighted by Gasteiger charge is 2.22. The SMILES string of the molecule is Cc1nc(N[C@@H]2C=CS(=O)(=O)C2)c2sccc2n1. The van der Waals surface area contributed by atoms with Gasteiger partial charge in [0.05, 0.1) is 22.0 Å². The van der Waals surface area contributed by atoms with Crippen LogP contribution in [0.2, 0.25) is 0 Å².